The third-order valence-corrected chi connectivity index (χ3v) is 8.73. The molecule has 2 N–H and O–H groups in total. The Bertz CT molecular complexity index is 1440. The highest BCUT2D eigenvalue weighted by Gasteiger charge is 2.42. The molecular formula is C28H31N3O5S. The number of rotatable bonds is 6. The van der Waals surface area contributed by atoms with E-state index in [2.05, 4.69) is 10.0 Å². The van der Waals surface area contributed by atoms with E-state index >= 15 is 0 Å². The fourth-order valence-electron chi connectivity index (χ4n) is 5.06. The molecule has 1 amide bonds. The van der Waals surface area contributed by atoms with Gasteiger partial charge < -0.3 is 10.1 Å². The summed E-state index contributed by atoms with van der Waals surface area (Å²) in [4.78, 5) is 17.6. The van der Waals surface area contributed by atoms with Crippen molar-refractivity contribution in [2.45, 2.75) is 37.3 Å². The van der Waals surface area contributed by atoms with Gasteiger partial charge in [0.2, 0.25) is 0 Å². The third-order valence-electron chi connectivity index (χ3n) is 7.35. The van der Waals surface area contributed by atoms with Crippen LogP contribution >= 0.6 is 0 Å². The van der Waals surface area contributed by atoms with Gasteiger partial charge in [0.15, 0.2) is 0 Å². The molecule has 0 bridgehead atoms. The highest BCUT2D eigenvalue weighted by molar-refractivity contribution is 7.92. The van der Waals surface area contributed by atoms with E-state index in [-0.39, 0.29) is 28.9 Å². The number of carbonyl (C=O) groups is 1. The van der Waals surface area contributed by atoms with Crippen LogP contribution in [-0.4, -0.2) is 40.2 Å². The van der Waals surface area contributed by atoms with E-state index in [0.29, 0.717) is 17.9 Å². The van der Waals surface area contributed by atoms with E-state index in [1.54, 1.807) is 43.4 Å². The summed E-state index contributed by atoms with van der Waals surface area (Å²) in [5.74, 6) is -0.0948. The minimum absolute atomic E-state index is 0.0274. The topological polar surface area (TPSA) is 97.0 Å². The second-order valence-corrected chi connectivity index (χ2v) is 11.3. The molecule has 2 heterocycles. The number of nitrogens with one attached hydrogen (secondary N) is 2. The van der Waals surface area contributed by atoms with E-state index in [1.165, 1.54) is 12.2 Å². The van der Waals surface area contributed by atoms with Crippen LogP contribution in [0.3, 0.4) is 0 Å². The maximum Gasteiger partial charge on any atom is 0.277 e. The zero-order valence-electron chi connectivity index (χ0n) is 21.3. The lowest BCUT2D eigenvalue weighted by molar-refractivity contribution is -0.0757. The molecule has 3 aromatic carbocycles. The highest BCUT2D eigenvalue weighted by Crippen LogP contribution is 2.50. The van der Waals surface area contributed by atoms with E-state index in [1.807, 2.05) is 38.1 Å². The molecular weight excluding hydrogens is 490 g/mol. The Morgan fingerprint density at radius 1 is 1.05 bits per heavy atom. The van der Waals surface area contributed by atoms with Crippen molar-refractivity contribution in [2.75, 3.05) is 30.8 Å². The first-order valence-corrected chi connectivity index (χ1v) is 13.7. The average Bonchev–Trinajstić information content (AvgIpc) is 3.39. The third kappa shape index (κ3) is 4.82. The molecule has 3 atom stereocenters. The molecule has 8 nitrogen and oxygen atoms in total. The number of hydrogen-bond acceptors (Lipinski definition) is 6. The molecule has 0 spiro atoms. The Morgan fingerprint density at radius 2 is 1.81 bits per heavy atom. The van der Waals surface area contributed by atoms with E-state index in [9.17, 15) is 13.2 Å². The molecule has 37 heavy (non-hydrogen) atoms. The van der Waals surface area contributed by atoms with Gasteiger partial charge >= 0.3 is 0 Å². The van der Waals surface area contributed by atoms with Gasteiger partial charge in [-0.3, -0.25) is 14.4 Å². The first-order valence-electron chi connectivity index (χ1n) is 12.2. The van der Waals surface area contributed by atoms with Crippen molar-refractivity contribution in [3.63, 3.8) is 0 Å². The van der Waals surface area contributed by atoms with Crippen LogP contribution in [0.5, 0.6) is 0 Å². The van der Waals surface area contributed by atoms with Gasteiger partial charge in [0, 0.05) is 42.1 Å². The van der Waals surface area contributed by atoms with Crippen LogP contribution in [-0.2, 0) is 19.6 Å². The van der Waals surface area contributed by atoms with Gasteiger partial charge in [-0.2, -0.15) is 0 Å². The Kier molecular flexibility index (Phi) is 6.70. The smallest absolute Gasteiger partial charge is 0.277 e. The van der Waals surface area contributed by atoms with Gasteiger partial charge in [0.25, 0.3) is 15.9 Å². The number of hydrogen-bond donors (Lipinski definition) is 2. The lowest BCUT2D eigenvalue weighted by atomic mass is 9.81. The monoisotopic (exact) mass is 521 g/mol. The number of ether oxygens (including phenoxy) is 1. The van der Waals surface area contributed by atoms with Crippen molar-refractivity contribution in [1.82, 2.24) is 5.06 Å². The van der Waals surface area contributed by atoms with Crippen LogP contribution in [0.15, 0.2) is 65.6 Å². The summed E-state index contributed by atoms with van der Waals surface area (Å²) < 4.78 is 35.2. The summed E-state index contributed by atoms with van der Waals surface area (Å²) >= 11 is 0. The molecule has 0 aromatic heterocycles. The van der Waals surface area contributed by atoms with Gasteiger partial charge in [-0.15, -0.1) is 0 Å². The van der Waals surface area contributed by atoms with Gasteiger partial charge in [-0.25, -0.2) is 13.5 Å². The van der Waals surface area contributed by atoms with Crippen molar-refractivity contribution in [1.29, 1.82) is 0 Å². The number of sulfonamides is 1. The summed E-state index contributed by atoms with van der Waals surface area (Å²) in [6.45, 7) is 4.54. The fourth-order valence-corrected chi connectivity index (χ4v) is 6.15. The summed E-state index contributed by atoms with van der Waals surface area (Å²) in [6.07, 6.45) is 0.617. The van der Waals surface area contributed by atoms with E-state index in [0.717, 1.165) is 34.4 Å². The molecule has 1 saturated heterocycles. The number of hydroxylamine groups is 2. The SMILES string of the molecule is CON(C)C(=O)c1ccc(C2Nc3ccc(S(=O)(=O)Nc4ccc(C)c(C)c4)cc3C3OCCC23)cc1. The van der Waals surface area contributed by atoms with Crippen molar-refractivity contribution < 1.29 is 22.8 Å². The Morgan fingerprint density at radius 3 is 2.51 bits per heavy atom. The van der Waals surface area contributed by atoms with Gasteiger partial charge in [-0.05, 0) is 79.4 Å². The van der Waals surface area contributed by atoms with Gasteiger partial charge in [0.05, 0.1) is 24.2 Å². The molecule has 2 aliphatic heterocycles. The van der Waals surface area contributed by atoms with E-state index in [4.69, 9.17) is 9.57 Å². The summed E-state index contributed by atoms with van der Waals surface area (Å²) in [5, 5.41) is 4.78. The summed E-state index contributed by atoms with van der Waals surface area (Å²) in [5.41, 5.74) is 5.92. The zero-order chi connectivity index (χ0) is 26.3. The van der Waals surface area contributed by atoms with Crippen molar-refractivity contribution in [3.8, 4) is 0 Å². The lowest BCUT2D eigenvalue weighted by Gasteiger charge is -2.36. The normalized spacial score (nSPS) is 20.5. The lowest BCUT2D eigenvalue weighted by Crippen LogP contribution is -2.30. The molecule has 9 heteroatoms. The van der Waals surface area contributed by atoms with Crippen molar-refractivity contribution >= 4 is 27.3 Å². The highest BCUT2D eigenvalue weighted by atomic mass is 32.2. The first-order chi connectivity index (χ1) is 17.7. The molecule has 0 saturated carbocycles. The van der Waals surface area contributed by atoms with Crippen LogP contribution in [0.25, 0.3) is 0 Å². The van der Waals surface area contributed by atoms with Crippen LogP contribution in [0.1, 0.15) is 51.2 Å². The predicted octanol–water partition coefficient (Wildman–Crippen LogP) is 4.98. The van der Waals surface area contributed by atoms with Crippen LogP contribution in [0.2, 0.25) is 0 Å². The average molecular weight is 522 g/mol. The van der Waals surface area contributed by atoms with Gasteiger partial charge in [0.1, 0.15) is 0 Å². The van der Waals surface area contributed by atoms with Crippen LogP contribution < -0.4 is 10.0 Å². The van der Waals surface area contributed by atoms with Crippen molar-refractivity contribution in [2.24, 2.45) is 5.92 Å². The molecule has 3 unspecified atom stereocenters. The largest absolute Gasteiger partial charge is 0.378 e. The Balaban J connectivity index is 1.41. The quantitative estimate of drug-likeness (QED) is 0.444. The number of benzene rings is 3. The van der Waals surface area contributed by atoms with E-state index < -0.39 is 10.0 Å². The second-order valence-electron chi connectivity index (χ2n) is 9.63. The van der Waals surface area contributed by atoms with Crippen LogP contribution in [0, 0.1) is 19.8 Å². The summed E-state index contributed by atoms with van der Waals surface area (Å²) in [7, 11) is -0.751. The minimum atomic E-state index is -3.77. The fraction of sp³-hybridized carbons (Fsp3) is 0.321. The minimum Gasteiger partial charge on any atom is -0.378 e. The maximum atomic E-state index is 13.2. The molecule has 5 rings (SSSR count). The standard InChI is InChI=1S/C28H31N3O5S/c1-17-5-10-21(15-18(17)2)30-37(33,34)22-11-12-25-24(16-22)27-23(13-14-36-27)26(29-25)19-6-8-20(9-7-19)28(32)31(3)35-4/h5-12,15-16,23,26-27,29-30H,13-14H2,1-4H3. The van der Waals surface area contributed by atoms with Crippen molar-refractivity contribution in [3.05, 3.63) is 88.5 Å². The molecule has 0 aliphatic carbocycles. The molecule has 2 aliphatic rings. The number of anilines is 2. The van der Waals surface area contributed by atoms with Crippen LogP contribution in [0.4, 0.5) is 11.4 Å². The first kappa shape index (κ1) is 25.3. The molecule has 0 radical (unpaired) electrons. The number of carbonyl (C=O) groups excluding carboxylic acids is 1. The summed E-state index contributed by atoms with van der Waals surface area (Å²) in [6, 6.07) is 18.1. The predicted molar refractivity (Wildman–Crippen MR) is 142 cm³/mol. The molecule has 1 fully saturated rings. The zero-order valence-corrected chi connectivity index (χ0v) is 22.1. The number of aryl methyl sites for hydroxylation is 2. The number of nitrogens with zero attached hydrogens (tertiary/aromatic N) is 1. The molecule has 3 aromatic rings. The maximum absolute atomic E-state index is 13.2. The second kappa shape index (κ2) is 9.81. The molecule has 194 valence electrons. The Labute approximate surface area is 217 Å². The van der Waals surface area contributed by atoms with Gasteiger partial charge in [-0.1, -0.05) is 18.2 Å². The number of amides is 1. The number of fused-ring (bicyclic) bond motifs is 3. The Hall–Kier alpha value is -3.40.